The zero-order valence-corrected chi connectivity index (χ0v) is 10.1. The van der Waals surface area contributed by atoms with E-state index in [1.807, 2.05) is 0 Å². The van der Waals surface area contributed by atoms with Gasteiger partial charge in [0.1, 0.15) is 5.54 Å². The van der Waals surface area contributed by atoms with Gasteiger partial charge >= 0.3 is 0 Å². The quantitative estimate of drug-likeness (QED) is 0.605. The van der Waals surface area contributed by atoms with Gasteiger partial charge in [0.15, 0.2) is 17.5 Å². The Labute approximate surface area is 106 Å². The van der Waals surface area contributed by atoms with E-state index in [0.717, 1.165) is 4.90 Å². The lowest BCUT2D eigenvalue weighted by Gasteiger charge is -2.40. The second-order valence-electron chi connectivity index (χ2n) is 4.59. The predicted molar refractivity (Wildman–Crippen MR) is 58.7 cm³/mol. The molecule has 1 fully saturated rings. The number of anilines is 1. The summed E-state index contributed by atoms with van der Waals surface area (Å²) in [6.45, 7) is 2.45. The summed E-state index contributed by atoms with van der Waals surface area (Å²) in [5, 5.41) is 2.08. The molecule has 2 amide bonds. The van der Waals surface area contributed by atoms with Crippen molar-refractivity contribution in [2.45, 2.75) is 19.4 Å². The number of nitrogens with one attached hydrogen (secondary N) is 1. The molecule has 19 heavy (non-hydrogen) atoms. The van der Waals surface area contributed by atoms with Gasteiger partial charge in [0, 0.05) is 6.07 Å². The van der Waals surface area contributed by atoms with E-state index in [9.17, 15) is 22.8 Å². The fourth-order valence-electron chi connectivity index (χ4n) is 1.75. The summed E-state index contributed by atoms with van der Waals surface area (Å²) >= 11 is 0. The van der Waals surface area contributed by atoms with Crippen molar-refractivity contribution >= 4 is 17.6 Å². The minimum atomic E-state index is -1.49. The van der Waals surface area contributed by atoms with Gasteiger partial charge in [-0.2, -0.15) is 9.37 Å². The van der Waals surface area contributed by atoms with Crippen LogP contribution in [-0.4, -0.2) is 28.9 Å². The summed E-state index contributed by atoms with van der Waals surface area (Å²) in [5.74, 6) is -6.00. The molecule has 1 saturated heterocycles. The summed E-state index contributed by atoms with van der Waals surface area (Å²) in [6, 6.07) is 0.324. The van der Waals surface area contributed by atoms with Crippen molar-refractivity contribution < 1.29 is 22.8 Å². The third-order valence-corrected chi connectivity index (χ3v) is 2.91. The molecule has 2 heterocycles. The van der Waals surface area contributed by atoms with Crippen LogP contribution in [0.5, 0.6) is 0 Å². The summed E-state index contributed by atoms with van der Waals surface area (Å²) in [6.07, 6.45) is 0. The summed E-state index contributed by atoms with van der Waals surface area (Å²) in [4.78, 5) is 27.1. The van der Waals surface area contributed by atoms with Crippen LogP contribution in [-0.2, 0) is 9.59 Å². The monoisotopic (exact) mass is 273 g/mol. The molecule has 5 nitrogen and oxygen atoms in total. The SMILES string of the molecule is CC1(C)C(=O)NC(=O)CN1c1nc(F)c(F)cc1F. The van der Waals surface area contributed by atoms with Crippen molar-refractivity contribution in [3.63, 3.8) is 0 Å². The number of nitrogens with zero attached hydrogens (tertiary/aromatic N) is 2. The Morgan fingerprint density at radius 3 is 2.53 bits per heavy atom. The zero-order valence-electron chi connectivity index (χ0n) is 10.1. The molecule has 1 N–H and O–H groups in total. The molecule has 0 aromatic carbocycles. The standard InChI is InChI=1S/C11H10F3N3O2/c1-11(2)10(19)15-7(18)4-17(11)9-6(13)3-5(12)8(14)16-9/h3H,4H2,1-2H3,(H,15,18,19). The summed E-state index contributed by atoms with van der Waals surface area (Å²) < 4.78 is 39.6. The molecular formula is C11H10F3N3O2. The number of amides is 2. The highest BCUT2D eigenvalue weighted by atomic mass is 19.2. The molecule has 0 saturated carbocycles. The van der Waals surface area contributed by atoms with E-state index in [4.69, 9.17) is 0 Å². The number of imide groups is 1. The van der Waals surface area contributed by atoms with Gasteiger partial charge < -0.3 is 4.90 Å². The van der Waals surface area contributed by atoms with Gasteiger partial charge in [0.25, 0.3) is 11.9 Å². The van der Waals surface area contributed by atoms with E-state index in [2.05, 4.69) is 10.3 Å². The Balaban J connectivity index is 2.53. The molecule has 1 aromatic rings. The topological polar surface area (TPSA) is 62.3 Å². The average Bonchev–Trinajstić information content (AvgIpc) is 2.29. The maximum absolute atomic E-state index is 13.7. The molecule has 0 bridgehead atoms. The van der Waals surface area contributed by atoms with Crippen LogP contribution in [0.3, 0.4) is 0 Å². The van der Waals surface area contributed by atoms with Crippen LogP contribution in [0.15, 0.2) is 6.07 Å². The van der Waals surface area contributed by atoms with Crippen molar-refractivity contribution in [1.82, 2.24) is 10.3 Å². The van der Waals surface area contributed by atoms with Crippen LogP contribution in [0, 0.1) is 17.6 Å². The lowest BCUT2D eigenvalue weighted by molar-refractivity contribution is -0.135. The lowest BCUT2D eigenvalue weighted by atomic mass is 9.98. The van der Waals surface area contributed by atoms with Crippen molar-refractivity contribution in [3.05, 3.63) is 23.6 Å². The Bertz CT molecular complexity index is 575. The van der Waals surface area contributed by atoms with Gasteiger partial charge in [-0.3, -0.25) is 14.9 Å². The Hall–Kier alpha value is -2.12. The number of hydrogen-bond donors (Lipinski definition) is 1. The highest BCUT2D eigenvalue weighted by molar-refractivity contribution is 6.06. The van der Waals surface area contributed by atoms with Gasteiger partial charge in [-0.15, -0.1) is 0 Å². The van der Waals surface area contributed by atoms with Gasteiger partial charge in [-0.25, -0.2) is 8.78 Å². The number of carbonyl (C=O) groups excluding carboxylic acids is 2. The maximum Gasteiger partial charge on any atom is 0.251 e. The van der Waals surface area contributed by atoms with E-state index in [1.54, 1.807) is 0 Å². The van der Waals surface area contributed by atoms with Crippen molar-refractivity contribution in [2.75, 3.05) is 11.4 Å². The highest BCUT2D eigenvalue weighted by Crippen LogP contribution is 2.27. The minimum absolute atomic E-state index is 0.324. The van der Waals surface area contributed by atoms with Crippen LogP contribution in [0.4, 0.5) is 19.0 Å². The first-order valence-electron chi connectivity index (χ1n) is 5.37. The largest absolute Gasteiger partial charge is 0.331 e. The van der Waals surface area contributed by atoms with E-state index in [1.165, 1.54) is 13.8 Å². The fourth-order valence-corrected chi connectivity index (χ4v) is 1.75. The summed E-state index contributed by atoms with van der Waals surface area (Å²) in [5.41, 5.74) is -1.31. The molecule has 1 aliphatic heterocycles. The van der Waals surface area contributed by atoms with E-state index in [0.29, 0.717) is 6.07 Å². The predicted octanol–water partition coefficient (Wildman–Crippen LogP) is 0.740. The molecule has 0 atom stereocenters. The number of halogens is 3. The van der Waals surface area contributed by atoms with Crippen molar-refractivity contribution in [3.8, 4) is 0 Å². The number of aromatic nitrogens is 1. The number of pyridine rings is 1. The van der Waals surface area contributed by atoms with Crippen LogP contribution < -0.4 is 10.2 Å². The molecule has 0 radical (unpaired) electrons. The minimum Gasteiger partial charge on any atom is -0.331 e. The van der Waals surface area contributed by atoms with Crippen molar-refractivity contribution in [1.29, 1.82) is 0 Å². The second-order valence-corrected chi connectivity index (χ2v) is 4.59. The van der Waals surface area contributed by atoms with Gasteiger partial charge in [0.2, 0.25) is 5.91 Å². The number of rotatable bonds is 1. The first-order chi connectivity index (χ1) is 8.73. The Kier molecular flexibility index (Phi) is 2.95. The second kappa shape index (κ2) is 4.22. The third-order valence-electron chi connectivity index (χ3n) is 2.91. The average molecular weight is 273 g/mol. The number of piperazine rings is 1. The maximum atomic E-state index is 13.7. The van der Waals surface area contributed by atoms with Crippen LogP contribution >= 0.6 is 0 Å². The van der Waals surface area contributed by atoms with Gasteiger partial charge in [0.05, 0.1) is 6.54 Å². The molecule has 1 aromatic heterocycles. The first-order valence-corrected chi connectivity index (χ1v) is 5.37. The Morgan fingerprint density at radius 2 is 1.89 bits per heavy atom. The normalized spacial score (nSPS) is 18.5. The zero-order chi connectivity index (χ0) is 14.4. The van der Waals surface area contributed by atoms with E-state index in [-0.39, 0.29) is 6.54 Å². The van der Waals surface area contributed by atoms with Crippen LogP contribution in [0.25, 0.3) is 0 Å². The highest BCUT2D eigenvalue weighted by Gasteiger charge is 2.43. The molecule has 8 heteroatoms. The number of carbonyl (C=O) groups is 2. The molecule has 0 unspecified atom stereocenters. The van der Waals surface area contributed by atoms with Crippen molar-refractivity contribution in [2.24, 2.45) is 0 Å². The molecule has 102 valence electrons. The molecule has 1 aliphatic rings. The van der Waals surface area contributed by atoms with Crippen LogP contribution in [0.2, 0.25) is 0 Å². The van der Waals surface area contributed by atoms with Crippen LogP contribution in [0.1, 0.15) is 13.8 Å². The van der Waals surface area contributed by atoms with E-state index < -0.39 is 40.8 Å². The molecule has 0 spiro atoms. The molecule has 2 rings (SSSR count). The third kappa shape index (κ3) is 2.13. The molecule has 0 aliphatic carbocycles. The lowest BCUT2D eigenvalue weighted by Crippen LogP contribution is -2.64. The van der Waals surface area contributed by atoms with Gasteiger partial charge in [-0.05, 0) is 13.8 Å². The van der Waals surface area contributed by atoms with E-state index >= 15 is 0 Å². The smallest absolute Gasteiger partial charge is 0.251 e. The first kappa shape index (κ1) is 13.3. The van der Waals surface area contributed by atoms with Gasteiger partial charge in [-0.1, -0.05) is 0 Å². The molecular weight excluding hydrogens is 263 g/mol. The summed E-state index contributed by atoms with van der Waals surface area (Å²) in [7, 11) is 0. The number of hydrogen-bond acceptors (Lipinski definition) is 4. The fraction of sp³-hybridized carbons (Fsp3) is 0.364. The Morgan fingerprint density at radius 1 is 1.26 bits per heavy atom.